The van der Waals surface area contributed by atoms with Crippen LogP contribution in [0.2, 0.25) is 0 Å². The minimum Gasteiger partial charge on any atom is -0.393 e. The molecule has 0 radical (unpaired) electrons. The number of halogens is 3. The van der Waals surface area contributed by atoms with Crippen molar-refractivity contribution in [2.75, 3.05) is 10.6 Å². The van der Waals surface area contributed by atoms with Gasteiger partial charge < -0.3 is 15.7 Å². The number of aliphatic hydroxyl groups excluding tert-OH is 1. The van der Waals surface area contributed by atoms with Crippen LogP contribution in [-0.2, 0) is 0 Å². The van der Waals surface area contributed by atoms with Gasteiger partial charge in [0.2, 0.25) is 11.9 Å². The standard InChI is InChI=1S/C21H25F3N6O/c1-21(2,3)29-19-25-10-16-18(28-19)30(12-4-6-13(31)7-5-12)20(26-16)27-17-14(23)8-11(22)9-15(17)24/h8-10,12-13,31H,4-7H2,1-3H3,(H,26,27)(H,25,28,29)/t12-,13+. The van der Waals surface area contributed by atoms with Crippen LogP contribution in [0.1, 0.15) is 52.5 Å². The van der Waals surface area contributed by atoms with E-state index in [0.717, 1.165) is 0 Å². The number of nitrogens with zero attached hydrogens (tertiary/aromatic N) is 4. The maximum Gasteiger partial charge on any atom is 0.225 e. The molecule has 2 aromatic heterocycles. The Labute approximate surface area is 177 Å². The van der Waals surface area contributed by atoms with Gasteiger partial charge in [-0.3, -0.25) is 4.57 Å². The number of rotatable bonds is 4. The number of hydrogen-bond donors (Lipinski definition) is 3. The second-order valence-corrected chi connectivity index (χ2v) is 8.91. The van der Waals surface area contributed by atoms with Crippen molar-refractivity contribution < 1.29 is 18.3 Å². The number of hydrogen-bond acceptors (Lipinski definition) is 6. The summed E-state index contributed by atoms with van der Waals surface area (Å²) in [6, 6.07) is 1.14. The van der Waals surface area contributed by atoms with Crippen LogP contribution in [0.3, 0.4) is 0 Å². The predicted molar refractivity (Wildman–Crippen MR) is 112 cm³/mol. The van der Waals surface area contributed by atoms with E-state index in [1.807, 2.05) is 20.8 Å². The molecule has 2 heterocycles. The van der Waals surface area contributed by atoms with Gasteiger partial charge in [0.25, 0.3) is 0 Å². The monoisotopic (exact) mass is 434 g/mol. The lowest BCUT2D eigenvalue weighted by molar-refractivity contribution is 0.112. The lowest BCUT2D eigenvalue weighted by Crippen LogP contribution is -2.27. The van der Waals surface area contributed by atoms with Gasteiger partial charge in [-0.05, 0) is 46.5 Å². The van der Waals surface area contributed by atoms with E-state index in [1.165, 1.54) is 0 Å². The van der Waals surface area contributed by atoms with Gasteiger partial charge in [-0.25, -0.2) is 23.1 Å². The SMILES string of the molecule is CC(C)(C)Nc1ncc2nc(Nc3c(F)cc(F)cc3F)n([C@H]3CC[C@@H](O)CC3)c2n1. The molecule has 1 aliphatic rings. The summed E-state index contributed by atoms with van der Waals surface area (Å²) < 4.78 is 43.7. The van der Waals surface area contributed by atoms with E-state index in [2.05, 4.69) is 25.6 Å². The van der Waals surface area contributed by atoms with Crippen LogP contribution < -0.4 is 10.6 Å². The van der Waals surface area contributed by atoms with Crippen LogP contribution in [0.25, 0.3) is 11.2 Å². The van der Waals surface area contributed by atoms with Gasteiger partial charge in [-0.2, -0.15) is 4.98 Å². The fourth-order valence-electron chi connectivity index (χ4n) is 3.81. The van der Waals surface area contributed by atoms with Crippen molar-refractivity contribution in [1.82, 2.24) is 19.5 Å². The van der Waals surface area contributed by atoms with E-state index in [0.29, 0.717) is 54.9 Å². The summed E-state index contributed by atoms with van der Waals surface area (Å²) in [5, 5.41) is 15.8. The molecular weight excluding hydrogens is 409 g/mol. The first-order valence-electron chi connectivity index (χ1n) is 10.2. The van der Waals surface area contributed by atoms with Gasteiger partial charge in [-0.15, -0.1) is 0 Å². The number of aromatic nitrogens is 4. The van der Waals surface area contributed by atoms with E-state index < -0.39 is 23.1 Å². The quantitative estimate of drug-likeness (QED) is 0.553. The van der Waals surface area contributed by atoms with Crippen LogP contribution in [0.5, 0.6) is 0 Å². The molecule has 0 unspecified atom stereocenters. The van der Waals surface area contributed by atoms with Crippen molar-refractivity contribution in [3.05, 3.63) is 35.8 Å². The minimum atomic E-state index is -1.06. The van der Waals surface area contributed by atoms with Crippen molar-refractivity contribution in [2.24, 2.45) is 0 Å². The highest BCUT2D eigenvalue weighted by molar-refractivity contribution is 5.76. The molecule has 31 heavy (non-hydrogen) atoms. The molecule has 1 saturated carbocycles. The van der Waals surface area contributed by atoms with Gasteiger partial charge in [0, 0.05) is 23.7 Å². The van der Waals surface area contributed by atoms with Gasteiger partial charge in [0.1, 0.15) is 17.0 Å². The average Bonchev–Trinajstić information content (AvgIpc) is 3.01. The fourth-order valence-corrected chi connectivity index (χ4v) is 3.81. The first-order chi connectivity index (χ1) is 14.6. The van der Waals surface area contributed by atoms with Crippen molar-refractivity contribution >= 4 is 28.7 Å². The summed E-state index contributed by atoms with van der Waals surface area (Å²) in [6.45, 7) is 5.94. The molecule has 0 spiro atoms. The van der Waals surface area contributed by atoms with Crippen LogP contribution >= 0.6 is 0 Å². The second kappa shape index (κ2) is 7.99. The van der Waals surface area contributed by atoms with Crippen molar-refractivity contribution in [2.45, 2.75) is 64.1 Å². The Hall–Kier alpha value is -2.88. The lowest BCUT2D eigenvalue weighted by Gasteiger charge is -2.28. The highest BCUT2D eigenvalue weighted by Gasteiger charge is 2.27. The Kier molecular flexibility index (Phi) is 5.50. The normalized spacial score (nSPS) is 19.6. The van der Waals surface area contributed by atoms with Gasteiger partial charge >= 0.3 is 0 Å². The summed E-state index contributed by atoms with van der Waals surface area (Å²) in [5.74, 6) is -2.53. The zero-order chi connectivity index (χ0) is 22.3. The highest BCUT2D eigenvalue weighted by Crippen LogP contribution is 2.35. The number of fused-ring (bicyclic) bond motifs is 1. The average molecular weight is 434 g/mol. The van der Waals surface area contributed by atoms with Crippen molar-refractivity contribution in [1.29, 1.82) is 0 Å². The number of anilines is 3. The van der Waals surface area contributed by atoms with E-state index in [9.17, 15) is 18.3 Å². The Morgan fingerprint density at radius 2 is 1.68 bits per heavy atom. The topological polar surface area (TPSA) is 87.9 Å². The first kappa shape index (κ1) is 21.4. The number of benzene rings is 1. The van der Waals surface area contributed by atoms with Gasteiger partial charge in [-0.1, -0.05) is 0 Å². The zero-order valence-corrected chi connectivity index (χ0v) is 17.6. The largest absolute Gasteiger partial charge is 0.393 e. The molecule has 10 heteroatoms. The molecule has 3 aromatic rings. The van der Waals surface area contributed by atoms with Crippen LogP contribution in [0.4, 0.5) is 30.8 Å². The fraction of sp³-hybridized carbons (Fsp3) is 0.476. The molecule has 0 bridgehead atoms. The third-order valence-electron chi connectivity index (χ3n) is 5.19. The van der Waals surface area contributed by atoms with Crippen LogP contribution in [-0.4, -0.2) is 36.3 Å². The molecule has 4 rings (SSSR count). The summed E-state index contributed by atoms with van der Waals surface area (Å²) in [4.78, 5) is 13.4. The first-order valence-corrected chi connectivity index (χ1v) is 10.2. The maximum absolute atomic E-state index is 14.3. The summed E-state index contributed by atoms with van der Waals surface area (Å²) in [7, 11) is 0. The summed E-state index contributed by atoms with van der Waals surface area (Å²) in [6.07, 6.45) is 3.68. The number of nitrogens with one attached hydrogen (secondary N) is 2. The molecule has 0 amide bonds. The molecule has 0 saturated heterocycles. The third-order valence-corrected chi connectivity index (χ3v) is 5.19. The van der Waals surface area contributed by atoms with Crippen LogP contribution in [0.15, 0.2) is 18.3 Å². The smallest absolute Gasteiger partial charge is 0.225 e. The lowest BCUT2D eigenvalue weighted by atomic mass is 9.93. The van der Waals surface area contributed by atoms with Gasteiger partial charge in [0.05, 0.1) is 12.3 Å². The Morgan fingerprint density at radius 3 is 2.29 bits per heavy atom. The molecule has 3 N–H and O–H groups in total. The van der Waals surface area contributed by atoms with Crippen LogP contribution in [0, 0.1) is 17.5 Å². The summed E-state index contributed by atoms with van der Waals surface area (Å²) >= 11 is 0. The van der Waals surface area contributed by atoms with Crippen molar-refractivity contribution in [3.63, 3.8) is 0 Å². The van der Waals surface area contributed by atoms with E-state index in [1.54, 1.807) is 10.8 Å². The molecule has 1 aromatic carbocycles. The van der Waals surface area contributed by atoms with E-state index >= 15 is 0 Å². The highest BCUT2D eigenvalue weighted by atomic mass is 19.1. The molecular formula is C21H25F3N6O. The Bertz CT molecular complexity index is 1080. The second-order valence-electron chi connectivity index (χ2n) is 8.91. The molecule has 0 atom stereocenters. The molecule has 0 aliphatic heterocycles. The molecule has 166 valence electrons. The van der Waals surface area contributed by atoms with E-state index in [4.69, 9.17) is 0 Å². The minimum absolute atomic E-state index is 0.0835. The number of imidazole rings is 1. The number of aliphatic hydroxyl groups is 1. The maximum atomic E-state index is 14.3. The molecule has 7 nitrogen and oxygen atoms in total. The Balaban J connectivity index is 1.81. The third kappa shape index (κ3) is 4.58. The molecule has 1 fully saturated rings. The Morgan fingerprint density at radius 1 is 1.03 bits per heavy atom. The predicted octanol–water partition coefficient (Wildman–Crippen LogP) is 4.67. The zero-order valence-electron chi connectivity index (χ0n) is 17.6. The van der Waals surface area contributed by atoms with Gasteiger partial charge in [0.15, 0.2) is 17.3 Å². The molecule has 1 aliphatic carbocycles. The summed E-state index contributed by atoms with van der Waals surface area (Å²) in [5.41, 5.74) is 0.203. The van der Waals surface area contributed by atoms with Crippen molar-refractivity contribution in [3.8, 4) is 0 Å². The van der Waals surface area contributed by atoms with E-state index in [-0.39, 0.29) is 23.6 Å².